The lowest BCUT2D eigenvalue weighted by atomic mass is 9.97. The Labute approximate surface area is 570 Å². The molecule has 3 aliphatic heterocycles. The highest BCUT2D eigenvalue weighted by atomic mass is 16.5. The Hall–Kier alpha value is -8.70. The molecule has 504 valence electrons. The summed E-state index contributed by atoms with van der Waals surface area (Å²) in [6, 6.07) is 44.1. The average molecular weight is 1290 g/mol. The van der Waals surface area contributed by atoms with Crippen LogP contribution in [0.2, 0.25) is 0 Å². The number of nitrogens with zero attached hydrogens (tertiary/aromatic N) is 15. The van der Waals surface area contributed by atoms with Crippen LogP contribution in [0.15, 0.2) is 152 Å². The lowest BCUT2D eigenvalue weighted by molar-refractivity contribution is -0.0661. The van der Waals surface area contributed by atoms with Crippen LogP contribution in [0.3, 0.4) is 0 Å². The number of aromatic nitrogens is 11. The van der Waals surface area contributed by atoms with Crippen molar-refractivity contribution in [2.24, 2.45) is 21.1 Å². The summed E-state index contributed by atoms with van der Waals surface area (Å²) < 4.78 is 11.0. The van der Waals surface area contributed by atoms with Gasteiger partial charge in [-0.3, -0.25) is 38.8 Å². The van der Waals surface area contributed by atoms with Gasteiger partial charge in [-0.15, -0.1) is 0 Å². The maximum atomic E-state index is 5.27. The van der Waals surface area contributed by atoms with Crippen molar-refractivity contribution >= 4 is 44.3 Å². The molecule has 11 aromatic rings. The molecule has 14 rings (SSSR count). The van der Waals surface area contributed by atoms with E-state index in [-0.39, 0.29) is 0 Å². The topological polar surface area (TPSA) is 140 Å². The second kappa shape index (κ2) is 31.9. The quantitative estimate of drug-likeness (QED) is 0.115. The molecule has 0 spiro atoms. The summed E-state index contributed by atoms with van der Waals surface area (Å²) in [5.41, 5.74) is 18.7. The molecule has 96 heavy (non-hydrogen) atoms. The van der Waals surface area contributed by atoms with Gasteiger partial charge in [0.2, 0.25) is 0 Å². The number of hydrogen-bond donors (Lipinski definition) is 0. The van der Waals surface area contributed by atoms with Crippen LogP contribution in [0.5, 0.6) is 0 Å². The Morgan fingerprint density at radius 3 is 1.34 bits per heavy atom. The second-order valence-corrected chi connectivity index (χ2v) is 27.8. The van der Waals surface area contributed by atoms with Gasteiger partial charge >= 0.3 is 0 Å². The molecular formula is C80H103N15O. The molecule has 3 aliphatic rings. The number of rotatable bonds is 12. The number of piperazine rings is 2. The molecule has 0 bridgehead atoms. The molecule has 0 amide bonds. The van der Waals surface area contributed by atoms with Crippen LogP contribution in [0.25, 0.3) is 66.2 Å². The van der Waals surface area contributed by atoms with E-state index in [1.807, 2.05) is 66.2 Å². The zero-order chi connectivity index (χ0) is 68.3. The molecule has 0 saturated carbocycles. The minimum atomic E-state index is 0.446. The zero-order valence-corrected chi connectivity index (χ0v) is 60.2. The number of anilines is 2. The van der Waals surface area contributed by atoms with Gasteiger partial charge in [0.25, 0.3) is 0 Å². The maximum absolute atomic E-state index is 5.27. The highest BCUT2D eigenvalue weighted by Gasteiger charge is 2.29. The van der Waals surface area contributed by atoms with Crippen LogP contribution in [-0.4, -0.2) is 142 Å². The first-order chi connectivity index (χ1) is 46.1. The summed E-state index contributed by atoms with van der Waals surface area (Å²) in [6.45, 7) is 41.3. The Bertz CT molecular complexity index is 4330. The van der Waals surface area contributed by atoms with E-state index in [2.05, 4.69) is 263 Å². The summed E-state index contributed by atoms with van der Waals surface area (Å²) in [5, 5.41) is 16.3. The number of hydrogen-bond acceptors (Lipinski definition) is 13. The summed E-state index contributed by atoms with van der Waals surface area (Å²) in [5.74, 6) is 4.70. The minimum Gasteiger partial charge on any atom is -0.378 e. The van der Waals surface area contributed by atoms with Crippen molar-refractivity contribution in [2.75, 3.05) is 75.4 Å². The fraction of sp³-hybridized carbons (Fsp3) is 0.425. The molecule has 0 radical (unpaired) electrons. The summed E-state index contributed by atoms with van der Waals surface area (Å²) in [6.07, 6.45) is 9.65. The molecule has 3 saturated heterocycles. The van der Waals surface area contributed by atoms with Gasteiger partial charge in [-0.05, 0) is 164 Å². The van der Waals surface area contributed by atoms with Crippen LogP contribution in [0, 0.1) is 13.8 Å². The third kappa shape index (κ3) is 17.3. The summed E-state index contributed by atoms with van der Waals surface area (Å²) in [7, 11) is 5.89. The van der Waals surface area contributed by atoms with Crippen LogP contribution in [0.4, 0.5) is 11.6 Å². The van der Waals surface area contributed by atoms with E-state index < -0.39 is 0 Å². The van der Waals surface area contributed by atoms with Gasteiger partial charge in [0.05, 0.1) is 60.1 Å². The largest absolute Gasteiger partial charge is 0.378 e. The smallest absolute Gasteiger partial charge is 0.128 e. The summed E-state index contributed by atoms with van der Waals surface area (Å²) >= 11 is 0. The van der Waals surface area contributed by atoms with Gasteiger partial charge in [-0.2, -0.15) is 15.3 Å². The standard InChI is InChI=1S/2C17H19N3.C16H17N3.C15H23N3O.C15H25N3/c1-11(2)16-8-14(9-18-12(16)3)13-5-6-17-15(7-13)10-19-20(17)4;1-11(2)14-8-16(12(3)18-9-14)13-5-6-17-15(7-13)10-19-20(17)4;1-11(2)14-5-4-6-15(18-14)12-7-8-16-13(9-12)10-17-19(16)3;1-12(2)14-4-3-5-15(16-14)18-8-6-17(7-9-18)13-10-19-11-13;1-12(2)14-6-5-7-15(16-14)18-10-8-17(9-11-18)13(3)4/h2*5-11H,1-4H3;4-11H,1-3H3;3-5,12-13H,6-11H2,1-2H3;5-7,12-13H,8-11H2,1-4H3. The van der Waals surface area contributed by atoms with Gasteiger partial charge in [0, 0.05) is 153 Å². The van der Waals surface area contributed by atoms with Crippen LogP contribution in [-0.2, 0) is 25.9 Å². The van der Waals surface area contributed by atoms with Gasteiger partial charge < -0.3 is 14.5 Å². The number of benzene rings is 3. The van der Waals surface area contributed by atoms with Crippen molar-refractivity contribution in [1.82, 2.24) is 64.1 Å². The van der Waals surface area contributed by atoms with Crippen molar-refractivity contribution in [1.29, 1.82) is 0 Å². The van der Waals surface area contributed by atoms with Gasteiger partial charge in [-0.1, -0.05) is 106 Å². The Morgan fingerprint density at radius 2 is 0.865 bits per heavy atom. The molecule has 11 heterocycles. The highest BCUT2D eigenvalue weighted by Crippen LogP contribution is 2.32. The molecule has 16 heteroatoms. The SMILES string of the molecule is CC(C)c1cccc(-c2ccc3c(cnn3C)c2)n1.CC(C)c1cccc(N2CCN(C(C)C)CC2)n1.CC(C)c1cccc(N2CCN(C3COC3)CC2)n1.Cc1ncc(-c2ccc3c(cnn3C)c2)cc1C(C)C.Cc1ncc(C(C)C)cc1-c1ccc2c(cnn2C)c1. The Kier molecular flexibility index (Phi) is 23.3. The highest BCUT2D eigenvalue weighted by molar-refractivity contribution is 5.86. The van der Waals surface area contributed by atoms with Crippen molar-refractivity contribution in [3.05, 3.63) is 192 Å². The molecule has 16 nitrogen and oxygen atoms in total. The van der Waals surface area contributed by atoms with E-state index in [0.717, 1.165) is 133 Å². The number of fused-ring (bicyclic) bond motifs is 3. The third-order valence-electron chi connectivity index (χ3n) is 18.9. The average Bonchev–Trinajstić information content (AvgIpc) is 1.57. The number of pyridine rings is 5. The van der Waals surface area contributed by atoms with Gasteiger partial charge in [-0.25, -0.2) is 9.97 Å². The molecule has 0 atom stereocenters. The fourth-order valence-electron chi connectivity index (χ4n) is 12.5. The monoisotopic (exact) mass is 1290 g/mol. The number of ether oxygens (including phenoxy) is 1. The lowest BCUT2D eigenvalue weighted by Gasteiger charge is -2.42. The van der Waals surface area contributed by atoms with E-state index in [1.54, 1.807) is 0 Å². The second-order valence-electron chi connectivity index (χ2n) is 27.8. The fourth-order valence-corrected chi connectivity index (χ4v) is 12.5. The van der Waals surface area contributed by atoms with Gasteiger partial charge in [0.1, 0.15) is 11.6 Å². The van der Waals surface area contributed by atoms with Crippen LogP contribution >= 0.6 is 0 Å². The Balaban J connectivity index is 0.000000131. The van der Waals surface area contributed by atoms with Crippen molar-refractivity contribution in [2.45, 2.75) is 139 Å². The van der Waals surface area contributed by atoms with Crippen molar-refractivity contribution in [3.8, 4) is 33.5 Å². The maximum Gasteiger partial charge on any atom is 0.128 e. The minimum absolute atomic E-state index is 0.446. The summed E-state index contributed by atoms with van der Waals surface area (Å²) in [4.78, 5) is 33.3. The van der Waals surface area contributed by atoms with E-state index >= 15 is 0 Å². The molecule has 3 aromatic carbocycles. The van der Waals surface area contributed by atoms with E-state index in [9.17, 15) is 0 Å². The first-order valence-corrected chi connectivity index (χ1v) is 34.7. The first-order valence-electron chi connectivity index (χ1n) is 34.7. The van der Waals surface area contributed by atoms with Crippen molar-refractivity contribution < 1.29 is 4.74 Å². The molecule has 0 aliphatic carbocycles. The molecule has 0 unspecified atom stereocenters. The predicted octanol–water partition coefficient (Wildman–Crippen LogP) is 16.4. The van der Waals surface area contributed by atoms with Crippen LogP contribution < -0.4 is 9.80 Å². The van der Waals surface area contributed by atoms with Crippen LogP contribution in [0.1, 0.15) is 152 Å². The lowest BCUT2D eigenvalue weighted by Crippen LogP contribution is -2.56. The molecule has 0 N–H and O–H groups in total. The predicted molar refractivity (Wildman–Crippen MR) is 398 cm³/mol. The Morgan fingerprint density at radius 1 is 0.406 bits per heavy atom. The zero-order valence-electron chi connectivity index (χ0n) is 60.2. The van der Waals surface area contributed by atoms with E-state index in [4.69, 9.17) is 19.7 Å². The van der Waals surface area contributed by atoms with E-state index in [0.29, 0.717) is 41.7 Å². The normalized spacial score (nSPS) is 14.7. The molecular weight excluding hydrogens is 1190 g/mol. The molecule has 3 fully saturated rings. The third-order valence-corrected chi connectivity index (χ3v) is 18.9. The molecule has 8 aromatic heterocycles. The van der Waals surface area contributed by atoms with Crippen molar-refractivity contribution in [3.63, 3.8) is 0 Å². The number of aryl methyl sites for hydroxylation is 5. The first kappa shape index (κ1) is 70.1. The van der Waals surface area contributed by atoms with Gasteiger partial charge in [0.15, 0.2) is 0 Å². The van der Waals surface area contributed by atoms with E-state index in [1.165, 1.54) is 50.2 Å².